The molecule has 0 bridgehead atoms. The third-order valence-electron chi connectivity index (χ3n) is 5.41. The van der Waals surface area contributed by atoms with Gasteiger partial charge in [-0.15, -0.1) is 0 Å². The van der Waals surface area contributed by atoms with E-state index in [1.165, 1.54) is 17.3 Å². The summed E-state index contributed by atoms with van der Waals surface area (Å²) in [5, 5.41) is 0.837. The maximum atomic E-state index is 13.3. The van der Waals surface area contributed by atoms with Crippen molar-refractivity contribution in [2.75, 3.05) is 26.5 Å². The fourth-order valence-corrected chi connectivity index (χ4v) is 4.73. The van der Waals surface area contributed by atoms with E-state index in [-0.39, 0.29) is 11.9 Å². The second-order valence-electron chi connectivity index (χ2n) is 7.17. The van der Waals surface area contributed by atoms with Crippen molar-refractivity contribution in [3.05, 3.63) is 71.5 Å². The number of ether oxygens (including phenoxy) is 2. The quantitative estimate of drug-likeness (QED) is 0.566. The highest BCUT2D eigenvalue weighted by Crippen LogP contribution is 2.41. The summed E-state index contributed by atoms with van der Waals surface area (Å²) >= 11 is 1.46. The molecule has 1 atom stereocenters. The highest BCUT2D eigenvalue weighted by atomic mass is 32.2. The predicted octanol–water partition coefficient (Wildman–Crippen LogP) is 3.70. The second-order valence-corrected chi connectivity index (χ2v) is 8.11. The fraction of sp³-hybridized carbons (Fsp3) is 0.304. The minimum Gasteiger partial charge on any atom is -0.493 e. The molecule has 6 nitrogen and oxygen atoms in total. The molecule has 0 spiro atoms. The van der Waals surface area contributed by atoms with E-state index < -0.39 is 0 Å². The number of carbonyl (C=O) groups is 1. The lowest BCUT2D eigenvalue weighted by molar-refractivity contribution is -0.130. The number of carbonyl (C=O) groups excluding carboxylic acids is 1. The van der Waals surface area contributed by atoms with Crippen LogP contribution >= 0.6 is 11.8 Å². The van der Waals surface area contributed by atoms with E-state index in [1.54, 1.807) is 20.4 Å². The van der Waals surface area contributed by atoms with Gasteiger partial charge in [0.15, 0.2) is 16.7 Å². The van der Waals surface area contributed by atoms with Gasteiger partial charge in [0.2, 0.25) is 5.91 Å². The van der Waals surface area contributed by atoms with E-state index in [2.05, 4.69) is 17.1 Å². The summed E-state index contributed by atoms with van der Waals surface area (Å²) in [4.78, 5) is 19.6. The molecule has 1 aliphatic rings. The number of aryl methyl sites for hydroxylation is 1. The van der Waals surface area contributed by atoms with E-state index in [9.17, 15) is 4.79 Å². The zero-order valence-electron chi connectivity index (χ0n) is 17.4. The number of hydrogen-bond donors (Lipinski definition) is 0. The first-order chi connectivity index (χ1) is 14.6. The maximum absolute atomic E-state index is 13.3. The van der Waals surface area contributed by atoms with Gasteiger partial charge in [0.25, 0.3) is 0 Å². The molecule has 1 amide bonds. The molecule has 1 unspecified atom stereocenters. The summed E-state index contributed by atoms with van der Waals surface area (Å²) in [7, 11) is 5.22. The average molecular weight is 424 g/mol. The number of thioether (sulfide) groups is 1. The van der Waals surface area contributed by atoms with Gasteiger partial charge in [0, 0.05) is 26.0 Å². The molecule has 0 radical (unpaired) electrons. The second kappa shape index (κ2) is 8.83. The molecule has 4 rings (SSSR count). The topological polar surface area (TPSA) is 56.6 Å². The number of hydrogen-bond acceptors (Lipinski definition) is 5. The molecule has 0 saturated carbocycles. The smallest absolute Gasteiger partial charge is 0.233 e. The van der Waals surface area contributed by atoms with Crippen LogP contribution in [0.2, 0.25) is 0 Å². The molecule has 1 aliphatic heterocycles. The number of methoxy groups -OCH3 is 2. The van der Waals surface area contributed by atoms with Crippen molar-refractivity contribution >= 4 is 17.7 Å². The Balaban J connectivity index is 1.69. The Kier molecular flexibility index (Phi) is 5.99. The van der Waals surface area contributed by atoms with Crippen molar-refractivity contribution in [1.82, 2.24) is 14.5 Å². The van der Waals surface area contributed by atoms with Crippen LogP contribution in [0.5, 0.6) is 11.5 Å². The van der Waals surface area contributed by atoms with Gasteiger partial charge < -0.3 is 18.9 Å². The van der Waals surface area contributed by atoms with Crippen LogP contribution in [0.1, 0.15) is 22.7 Å². The van der Waals surface area contributed by atoms with Gasteiger partial charge in [-0.3, -0.25) is 4.79 Å². The zero-order chi connectivity index (χ0) is 21.1. The van der Waals surface area contributed by atoms with E-state index >= 15 is 0 Å². The Morgan fingerprint density at radius 2 is 1.90 bits per heavy atom. The molecule has 2 aromatic carbocycles. The van der Waals surface area contributed by atoms with Crippen molar-refractivity contribution in [3.63, 3.8) is 0 Å². The number of rotatable bonds is 6. The van der Waals surface area contributed by atoms with E-state index in [1.807, 2.05) is 53.0 Å². The molecule has 30 heavy (non-hydrogen) atoms. The van der Waals surface area contributed by atoms with Crippen molar-refractivity contribution in [2.45, 2.75) is 17.6 Å². The van der Waals surface area contributed by atoms with Gasteiger partial charge in [-0.25, -0.2) is 4.98 Å². The fourth-order valence-electron chi connectivity index (χ4n) is 3.91. The number of benzene rings is 2. The largest absolute Gasteiger partial charge is 0.493 e. The molecule has 0 N–H and O–H groups in total. The van der Waals surface area contributed by atoms with Gasteiger partial charge in [-0.05, 0) is 35.2 Å². The SMILES string of the molecule is COc1cc2c(cc1OC)C(c1ccccc1)N(C(=O)CSc1nccn1C)CC2. The van der Waals surface area contributed by atoms with Gasteiger partial charge in [-0.2, -0.15) is 0 Å². The number of imidazole rings is 1. The minimum atomic E-state index is -0.163. The van der Waals surface area contributed by atoms with Gasteiger partial charge in [0.1, 0.15) is 0 Å². The maximum Gasteiger partial charge on any atom is 0.233 e. The van der Waals surface area contributed by atoms with Crippen LogP contribution in [0.3, 0.4) is 0 Å². The summed E-state index contributed by atoms with van der Waals surface area (Å²) in [5.41, 5.74) is 3.35. The van der Waals surface area contributed by atoms with Crippen LogP contribution in [-0.2, 0) is 18.3 Å². The lowest BCUT2D eigenvalue weighted by Gasteiger charge is -2.38. The van der Waals surface area contributed by atoms with Crippen LogP contribution in [-0.4, -0.2) is 46.9 Å². The predicted molar refractivity (Wildman–Crippen MR) is 117 cm³/mol. The molecular formula is C23H25N3O3S. The van der Waals surface area contributed by atoms with Gasteiger partial charge in [0.05, 0.1) is 26.0 Å². The summed E-state index contributed by atoms with van der Waals surface area (Å²) in [6, 6.07) is 14.0. The number of fused-ring (bicyclic) bond motifs is 1. The summed E-state index contributed by atoms with van der Waals surface area (Å²) in [5.74, 6) is 1.83. The summed E-state index contributed by atoms with van der Waals surface area (Å²) < 4.78 is 13.0. The third kappa shape index (κ3) is 3.89. The first kappa shape index (κ1) is 20.3. The van der Waals surface area contributed by atoms with Crippen molar-refractivity contribution < 1.29 is 14.3 Å². The molecule has 7 heteroatoms. The summed E-state index contributed by atoms with van der Waals surface area (Å²) in [6.07, 6.45) is 4.41. The number of amides is 1. The van der Waals surface area contributed by atoms with Gasteiger partial charge >= 0.3 is 0 Å². The van der Waals surface area contributed by atoms with Gasteiger partial charge in [-0.1, -0.05) is 42.1 Å². The van der Waals surface area contributed by atoms with E-state index in [0.717, 1.165) is 22.7 Å². The first-order valence-corrected chi connectivity index (χ1v) is 10.8. The molecule has 156 valence electrons. The Bertz CT molecular complexity index is 1040. The minimum absolute atomic E-state index is 0.0947. The van der Waals surface area contributed by atoms with Crippen molar-refractivity contribution in [1.29, 1.82) is 0 Å². The molecule has 0 saturated heterocycles. The molecule has 2 heterocycles. The van der Waals surface area contributed by atoms with Crippen molar-refractivity contribution in [2.24, 2.45) is 7.05 Å². The lowest BCUT2D eigenvalue weighted by Crippen LogP contribution is -2.41. The molecule has 0 fully saturated rings. The molecule has 3 aromatic rings. The molecule has 0 aliphatic carbocycles. The van der Waals surface area contributed by atoms with Crippen LogP contribution in [0.4, 0.5) is 0 Å². The third-order valence-corrected chi connectivity index (χ3v) is 6.45. The lowest BCUT2D eigenvalue weighted by atomic mass is 9.87. The highest BCUT2D eigenvalue weighted by Gasteiger charge is 2.33. The van der Waals surface area contributed by atoms with Crippen LogP contribution in [0, 0.1) is 0 Å². The Labute approximate surface area is 180 Å². The Morgan fingerprint density at radius 3 is 2.57 bits per heavy atom. The number of nitrogens with zero attached hydrogens (tertiary/aromatic N) is 3. The van der Waals surface area contributed by atoms with Crippen LogP contribution in [0.15, 0.2) is 60.0 Å². The first-order valence-electron chi connectivity index (χ1n) is 9.81. The number of aromatic nitrogens is 2. The Morgan fingerprint density at radius 1 is 1.17 bits per heavy atom. The monoisotopic (exact) mass is 423 g/mol. The van der Waals surface area contributed by atoms with Crippen LogP contribution in [0.25, 0.3) is 0 Å². The van der Waals surface area contributed by atoms with Crippen molar-refractivity contribution in [3.8, 4) is 11.5 Å². The summed E-state index contributed by atoms with van der Waals surface area (Å²) in [6.45, 7) is 0.655. The average Bonchev–Trinajstić information content (AvgIpc) is 3.20. The highest BCUT2D eigenvalue weighted by molar-refractivity contribution is 7.99. The standard InChI is InChI=1S/C23H25N3O3S/c1-25-12-10-24-23(25)30-15-21(27)26-11-9-17-13-19(28-2)20(29-3)14-18(17)22(26)16-7-5-4-6-8-16/h4-8,10,12-14,22H,9,11,15H2,1-3H3. The van der Waals surface area contributed by atoms with E-state index in [4.69, 9.17) is 9.47 Å². The molecular weight excluding hydrogens is 398 g/mol. The molecule has 1 aromatic heterocycles. The Hall–Kier alpha value is -2.93. The van der Waals surface area contributed by atoms with E-state index in [0.29, 0.717) is 23.8 Å². The zero-order valence-corrected chi connectivity index (χ0v) is 18.2. The van der Waals surface area contributed by atoms with Crippen LogP contribution < -0.4 is 9.47 Å². The normalized spacial score (nSPS) is 15.6.